The molecule has 150 valence electrons. The first-order valence-corrected chi connectivity index (χ1v) is 10.7. The predicted octanol–water partition coefficient (Wildman–Crippen LogP) is 5.21. The number of hydrogen-bond donors (Lipinski definition) is 1. The van der Waals surface area contributed by atoms with E-state index in [0.29, 0.717) is 22.6 Å². The maximum absolute atomic E-state index is 13.0. The highest BCUT2D eigenvalue weighted by molar-refractivity contribution is 8.03. The number of nitriles is 1. The normalized spacial score (nSPS) is 16.4. The largest absolute Gasteiger partial charge is 0.468 e. The van der Waals surface area contributed by atoms with Crippen LogP contribution in [-0.2, 0) is 9.53 Å². The molecule has 5 nitrogen and oxygen atoms in total. The number of ether oxygens (including phenoxy) is 1. The third kappa shape index (κ3) is 4.57. The molecule has 1 aromatic carbocycles. The minimum atomic E-state index is -0.616. The fourth-order valence-corrected chi connectivity index (χ4v) is 4.35. The zero-order chi connectivity index (χ0) is 20.6. The van der Waals surface area contributed by atoms with E-state index in [1.54, 1.807) is 37.1 Å². The van der Waals surface area contributed by atoms with Crippen LogP contribution in [0.4, 0.5) is 0 Å². The predicted molar refractivity (Wildman–Crippen MR) is 115 cm³/mol. The first-order chi connectivity index (χ1) is 14.2. The lowest BCUT2D eigenvalue weighted by molar-refractivity contribution is -0.138. The van der Waals surface area contributed by atoms with Gasteiger partial charge in [-0.3, -0.25) is 0 Å². The summed E-state index contributed by atoms with van der Waals surface area (Å²) in [6.07, 6.45) is 3.66. The second kappa shape index (κ2) is 10.0. The minimum Gasteiger partial charge on any atom is -0.468 e. The Hall–Kier alpha value is -2.91. The summed E-state index contributed by atoms with van der Waals surface area (Å²) >= 11 is 1.60. The minimum absolute atomic E-state index is 0.249. The van der Waals surface area contributed by atoms with Crippen molar-refractivity contribution in [3.05, 3.63) is 76.2 Å². The van der Waals surface area contributed by atoms with Crippen molar-refractivity contribution in [3.8, 4) is 6.07 Å². The van der Waals surface area contributed by atoms with Crippen molar-refractivity contribution in [2.75, 3.05) is 12.4 Å². The number of esters is 1. The number of carbonyl (C=O) groups excluding carboxylic acids is 1. The zero-order valence-corrected chi connectivity index (χ0v) is 17.4. The molecule has 0 saturated heterocycles. The van der Waals surface area contributed by atoms with E-state index in [0.717, 1.165) is 29.2 Å². The van der Waals surface area contributed by atoms with Crippen molar-refractivity contribution >= 4 is 23.4 Å². The lowest BCUT2D eigenvalue weighted by Crippen LogP contribution is -2.29. The van der Waals surface area contributed by atoms with Gasteiger partial charge in [-0.25, -0.2) is 4.79 Å². The van der Waals surface area contributed by atoms with Gasteiger partial charge in [-0.2, -0.15) is 5.26 Å². The average molecular weight is 409 g/mol. The summed E-state index contributed by atoms with van der Waals surface area (Å²) in [4.78, 5) is 13.0. The van der Waals surface area contributed by atoms with Gasteiger partial charge in [0, 0.05) is 0 Å². The molecule has 0 radical (unpaired) electrons. The van der Waals surface area contributed by atoms with Crippen LogP contribution in [-0.4, -0.2) is 18.3 Å². The third-order valence-electron chi connectivity index (χ3n) is 4.58. The number of nitrogens with one attached hydrogen (secondary N) is 1. The monoisotopic (exact) mass is 408 g/mol. The van der Waals surface area contributed by atoms with Crippen LogP contribution in [0.3, 0.4) is 0 Å². The van der Waals surface area contributed by atoms with Crippen LogP contribution in [0.2, 0.25) is 0 Å². The molecule has 2 heterocycles. The van der Waals surface area contributed by atoms with Crippen LogP contribution in [0.15, 0.2) is 69.3 Å². The van der Waals surface area contributed by atoms with Crippen molar-refractivity contribution in [1.82, 2.24) is 5.32 Å². The van der Waals surface area contributed by atoms with Gasteiger partial charge in [-0.1, -0.05) is 43.7 Å². The molecule has 0 bridgehead atoms. The highest BCUT2D eigenvalue weighted by atomic mass is 32.2. The molecule has 0 aliphatic carbocycles. The molecule has 0 amide bonds. The van der Waals surface area contributed by atoms with Crippen LogP contribution < -0.4 is 5.32 Å². The Morgan fingerprint density at radius 3 is 2.66 bits per heavy atom. The number of dihydropyridines is 1. The van der Waals surface area contributed by atoms with Gasteiger partial charge in [0.1, 0.15) is 5.76 Å². The Bertz CT molecular complexity index is 940. The maximum Gasteiger partial charge on any atom is 0.337 e. The van der Waals surface area contributed by atoms with E-state index in [2.05, 4.69) is 18.3 Å². The van der Waals surface area contributed by atoms with Gasteiger partial charge in [-0.05, 0) is 36.8 Å². The lowest BCUT2D eigenvalue weighted by Gasteiger charge is -2.29. The van der Waals surface area contributed by atoms with Crippen molar-refractivity contribution in [1.29, 1.82) is 5.26 Å². The molecule has 0 spiro atoms. The highest BCUT2D eigenvalue weighted by Crippen LogP contribution is 2.43. The second-order valence-electron chi connectivity index (χ2n) is 6.51. The van der Waals surface area contributed by atoms with Crippen molar-refractivity contribution in [2.45, 2.75) is 32.6 Å². The molecule has 6 heteroatoms. The van der Waals surface area contributed by atoms with Gasteiger partial charge >= 0.3 is 5.97 Å². The molecule has 1 aliphatic heterocycles. The lowest BCUT2D eigenvalue weighted by atomic mass is 9.84. The Morgan fingerprint density at radius 2 is 2.03 bits per heavy atom. The van der Waals surface area contributed by atoms with Crippen molar-refractivity contribution in [2.24, 2.45) is 0 Å². The van der Waals surface area contributed by atoms with Crippen LogP contribution in [0.1, 0.15) is 43.9 Å². The van der Waals surface area contributed by atoms with Gasteiger partial charge in [0.05, 0.1) is 46.7 Å². The van der Waals surface area contributed by atoms with Crippen molar-refractivity contribution < 1.29 is 13.9 Å². The summed E-state index contributed by atoms with van der Waals surface area (Å²) in [6.45, 7) is 4.15. The molecule has 29 heavy (non-hydrogen) atoms. The van der Waals surface area contributed by atoms with Gasteiger partial charge in [0.15, 0.2) is 0 Å². The number of allylic oxidation sites excluding steroid dienone is 1. The fourth-order valence-electron chi connectivity index (χ4n) is 3.22. The Balaban J connectivity index is 2.18. The van der Waals surface area contributed by atoms with E-state index in [-0.39, 0.29) is 6.61 Å². The smallest absolute Gasteiger partial charge is 0.337 e. The molecular weight excluding hydrogens is 384 g/mol. The molecule has 0 fully saturated rings. The van der Waals surface area contributed by atoms with Crippen LogP contribution in [0, 0.1) is 11.3 Å². The summed E-state index contributed by atoms with van der Waals surface area (Å²) in [5, 5.41) is 14.1. The quantitative estimate of drug-likeness (QED) is 0.477. The summed E-state index contributed by atoms with van der Waals surface area (Å²) < 4.78 is 11.0. The number of benzene rings is 1. The average Bonchev–Trinajstić information content (AvgIpc) is 3.28. The maximum atomic E-state index is 13.0. The van der Waals surface area contributed by atoms with Crippen LogP contribution in [0.5, 0.6) is 0 Å². The topological polar surface area (TPSA) is 75.3 Å². The molecule has 1 atom stereocenters. The Morgan fingerprint density at radius 1 is 1.24 bits per heavy atom. The number of carbonyl (C=O) groups is 1. The SMILES string of the molecule is CCCCSC1=C(C#N)C(c2ccco2)C(C(=O)OCC)=C(c2ccccc2)N1. The summed E-state index contributed by atoms with van der Waals surface area (Å²) in [5.74, 6) is 0.361. The molecule has 0 saturated carbocycles. The highest BCUT2D eigenvalue weighted by Gasteiger charge is 2.38. The van der Waals surface area contributed by atoms with E-state index in [1.165, 1.54) is 0 Å². The van der Waals surface area contributed by atoms with Gasteiger partial charge in [0.25, 0.3) is 0 Å². The first kappa shape index (κ1) is 20.8. The first-order valence-electron chi connectivity index (χ1n) is 9.75. The standard InChI is InChI=1S/C23H24N2O3S/c1-3-5-14-29-22-17(15-24)19(18-12-9-13-28-18)20(23(26)27-4-2)21(25-22)16-10-7-6-8-11-16/h6-13,19,25H,3-5,14H2,1-2H3. The van der Waals surface area contributed by atoms with E-state index in [9.17, 15) is 10.1 Å². The molecule has 1 aromatic heterocycles. The number of thioether (sulfide) groups is 1. The van der Waals surface area contributed by atoms with Crippen molar-refractivity contribution in [3.63, 3.8) is 0 Å². The number of furan rings is 1. The van der Waals surface area contributed by atoms with Gasteiger partial charge in [0.2, 0.25) is 0 Å². The molecular formula is C23H24N2O3S. The van der Waals surface area contributed by atoms with E-state index < -0.39 is 11.9 Å². The summed E-state index contributed by atoms with van der Waals surface area (Å²) in [5.41, 5.74) is 2.38. The summed E-state index contributed by atoms with van der Waals surface area (Å²) in [6, 6.07) is 15.5. The van der Waals surface area contributed by atoms with Gasteiger partial charge < -0.3 is 14.5 Å². The van der Waals surface area contributed by atoms with Gasteiger partial charge in [-0.15, -0.1) is 11.8 Å². The molecule has 1 N–H and O–H groups in total. The second-order valence-corrected chi connectivity index (χ2v) is 7.61. The molecule has 3 rings (SSSR count). The number of nitrogens with zero attached hydrogens (tertiary/aromatic N) is 1. The molecule has 1 aliphatic rings. The molecule has 2 aromatic rings. The number of rotatable bonds is 8. The zero-order valence-electron chi connectivity index (χ0n) is 16.6. The van der Waals surface area contributed by atoms with E-state index in [4.69, 9.17) is 9.15 Å². The summed E-state index contributed by atoms with van der Waals surface area (Å²) in [7, 11) is 0. The third-order valence-corrected chi connectivity index (χ3v) is 5.68. The number of unbranched alkanes of at least 4 members (excludes halogenated alkanes) is 1. The van der Waals surface area contributed by atoms with E-state index in [1.807, 2.05) is 30.3 Å². The van der Waals surface area contributed by atoms with E-state index >= 15 is 0 Å². The fraction of sp³-hybridized carbons (Fsp3) is 0.304. The Labute approximate surface area is 175 Å². The van der Waals surface area contributed by atoms with Crippen LogP contribution >= 0.6 is 11.8 Å². The Kier molecular flexibility index (Phi) is 7.20. The number of hydrogen-bond acceptors (Lipinski definition) is 6. The van der Waals surface area contributed by atoms with Crippen LogP contribution in [0.25, 0.3) is 5.70 Å². The molecule has 1 unspecified atom stereocenters.